The minimum absolute atomic E-state index is 0.602. The molecule has 2 rings (SSSR count). The first kappa shape index (κ1) is 25.2. The van der Waals surface area contributed by atoms with Crippen molar-refractivity contribution in [3.05, 3.63) is 47.6 Å². The number of allylic oxidation sites excluding steroid dienone is 8. The molecule has 0 aromatic rings. The zero-order valence-electron chi connectivity index (χ0n) is 21.0. The maximum absolute atomic E-state index is 2.59. The molecule has 2 aliphatic carbocycles. The zero-order valence-corrected chi connectivity index (χ0v) is 21.0. The number of hydrogen-bond acceptors (Lipinski definition) is 0. The second kappa shape index (κ2) is 13.4. The van der Waals surface area contributed by atoms with Gasteiger partial charge in [-0.2, -0.15) is 0 Å². The first-order chi connectivity index (χ1) is 14.5. The van der Waals surface area contributed by atoms with Gasteiger partial charge in [0.15, 0.2) is 0 Å². The SMILES string of the molecule is CCC1=CC2C(C)CC=CC=C(C(C)CCC(C)CCCCC(CC)CC)C2C=C1. The summed E-state index contributed by atoms with van der Waals surface area (Å²) >= 11 is 0. The molecule has 0 saturated heterocycles. The zero-order chi connectivity index (χ0) is 21.9. The molecule has 0 nitrogen and oxygen atoms in total. The van der Waals surface area contributed by atoms with E-state index in [1.54, 1.807) is 5.57 Å². The molecular formula is C30H50. The van der Waals surface area contributed by atoms with Crippen LogP contribution < -0.4 is 0 Å². The Balaban J connectivity index is 1.88. The smallest absolute Gasteiger partial charge is 0.00515 e. The summed E-state index contributed by atoms with van der Waals surface area (Å²) in [5, 5.41) is 0. The van der Waals surface area contributed by atoms with Crippen LogP contribution in [0.25, 0.3) is 0 Å². The van der Waals surface area contributed by atoms with Crippen molar-refractivity contribution in [1.82, 2.24) is 0 Å². The molecule has 170 valence electrons. The highest BCUT2D eigenvalue weighted by molar-refractivity contribution is 5.34. The topological polar surface area (TPSA) is 0 Å². The molecule has 0 aromatic heterocycles. The molecule has 0 bridgehead atoms. The molecule has 0 heteroatoms. The molecule has 5 atom stereocenters. The van der Waals surface area contributed by atoms with Crippen LogP contribution >= 0.6 is 0 Å². The lowest BCUT2D eigenvalue weighted by atomic mass is 9.69. The summed E-state index contributed by atoms with van der Waals surface area (Å²) in [5.41, 5.74) is 3.20. The third kappa shape index (κ3) is 7.58. The highest BCUT2D eigenvalue weighted by Crippen LogP contribution is 2.41. The quantitative estimate of drug-likeness (QED) is 0.281. The number of fused-ring (bicyclic) bond motifs is 1. The molecule has 0 fully saturated rings. The van der Waals surface area contributed by atoms with Crippen molar-refractivity contribution in [2.75, 3.05) is 0 Å². The van der Waals surface area contributed by atoms with E-state index in [2.05, 4.69) is 78.0 Å². The van der Waals surface area contributed by atoms with Crippen molar-refractivity contribution in [2.24, 2.45) is 35.5 Å². The molecule has 0 saturated carbocycles. The van der Waals surface area contributed by atoms with E-state index in [1.165, 1.54) is 63.4 Å². The van der Waals surface area contributed by atoms with Crippen LogP contribution in [0.2, 0.25) is 0 Å². The minimum atomic E-state index is 0.602. The van der Waals surface area contributed by atoms with E-state index < -0.39 is 0 Å². The molecule has 2 aliphatic rings. The van der Waals surface area contributed by atoms with Gasteiger partial charge in [0, 0.05) is 5.92 Å². The lowest BCUT2D eigenvalue weighted by molar-refractivity contribution is 0.336. The molecular weight excluding hydrogens is 360 g/mol. The van der Waals surface area contributed by atoms with Gasteiger partial charge in [-0.15, -0.1) is 0 Å². The van der Waals surface area contributed by atoms with Crippen LogP contribution in [0, 0.1) is 35.5 Å². The fourth-order valence-electron chi connectivity index (χ4n) is 5.55. The van der Waals surface area contributed by atoms with E-state index >= 15 is 0 Å². The summed E-state index contributed by atoms with van der Waals surface area (Å²) in [6.45, 7) is 14.4. The second-order valence-electron chi connectivity index (χ2n) is 10.4. The number of rotatable bonds is 12. The Labute approximate surface area is 189 Å². The van der Waals surface area contributed by atoms with Gasteiger partial charge in [0.25, 0.3) is 0 Å². The standard InChI is InChI=1S/C30H50/c1-7-26(8-2)16-12-10-14-23(4)18-19-25(6)28-17-13-11-15-24(5)30-22-27(9-3)20-21-29(28)30/h11,13,17,20-26,29-30H,7-10,12,14-16,18-19H2,1-6H3. The highest BCUT2D eigenvalue weighted by Gasteiger charge is 2.30. The Kier molecular flexibility index (Phi) is 11.3. The summed E-state index contributed by atoms with van der Waals surface area (Å²) in [5.74, 6) is 4.50. The van der Waals surface area contributed by atoms with Crippen LogP contribution in [0.5, 0.6) is 0 Å². The predicted molar refractivity (Wildman–Crippen MR) is 136 cm³/mol. The van der Waals surface area contributed by atoms with Gasteiger partial charge in [0.2, 0.25) is 0 Å². The summed E-state index contributed by atoms with van der Waals surface area (Å²) in [6, 6.07) is 0. The van der Waals surface area contributed by atoms with E-state index in [-0.39, 0.29) is 0 Å². The molecule has 5 unspecified atom stereocenters. The van der Waals surface area contributed by atoms with Crippen molar-refractivity contribution >= 4 is 0 Å². The van der Waals surface area contributed by atoms with Gasteiger partial charge in [-0.25, -0.2) is 0 Å². The second-order valence-corrected chi connectivity index (χ2v) is 10.4. The van der Waals surface area contributed by atoms with Crippen LogP contribution in [0.3, 0.4) is 0 Å². The van der Waals surface area contributed by atoms with Crippen molar-refractivity contribution in [1.29, 1.82) is 0 Å². The molecule has 0 spiro atoms. The summed E-state index contributed by atoms with van der Waals surface area (Å²) in [6.07, 6.45) is 28.2. The molecule has 0 radical (unpaired) electrons. The van der Waals surface area contributed by atoms with Crippen molar-refractivity contribution in [3.8, 4) is 0 Å². The van der Waals surface area contributed by atoms with Gasteiger partial charge in [-0.05, 0) is 48.9 Å². The van der Waals surface area contributed by atoms with Gasteiger partial charge in [0.05, 0.1) is 0 Å². The van der Waals surface area contributed by atoms with Crippen LogP contribution in [0.15, 0.2) is 47.6 Å². The summed E-state index contributed by atoms with van der Waals surface area (Å²) in [7, 11) is 0. The highest BCUT2D eigenvalue weighted by atomic mass is 14.3. The van der Waals surface area contributed by atoms with Crippen molar-refractivity contribution < 1.29 is 0 Å². The van der Waals surface area contributed by atoms with Gasteiger partial charge in [0.1, 0.15) is 0 Å². The fourth-order valence-corrected chi connectivity index (χ4v) is 5.55. The summed E-state index contributed by atoms with van der Waals surface area (Å²) < 4.78 is 0. The molecule has 0 amide bonds. The van der Waals surface area contributed by atoms with E-state index in [0.717, 1.165) is 24.2 Å². The molecule has 0 aliphatic heterocycles. The Morgan fingerprint density at radius 3 is 2.40 bits per heavy atom. The Bertz CT molecular complexity index is 598. The first-order valence-corrected chi connectivity index (χ1v) is 13.2. The van der Waals surface area contributed by atoms with E-state index in [1.807, 2.05) is 0 Å². The van der Waals surface area contributed by atoms with Crippen molar-refractivity contribution in [2.45, 2.75) is 106 Å². The van der Waals surface area contributed by atoms with Crippen LogP contribution in [-0.4, -0.2) is 0 Å². The lowest BCUT2D eigenvalue weighted by Crippen LogP contribution is -2.26. The first-order valence-electron chi connectivity index (χ1n) is 13.2. The Morgan fingerprint density at radius 2 is 1.70 bits per heavy atom. The normalized spacial score (nSPS) is 25.9. The third-order valence-corrected chi connectivity index (χ3v) is 8.10. The number of hydrogen-bond donors (Lipinski definition) is 0. The predicted octanol–water partition coefficient (Wildman–Crippen LogP) is 9.70. The number of unbranched alkanes of at least 4 members (excludes halogenated alkanes) is 1. The molecule has 0 N–H and O–H groups in total. The van der Waals surface area contributed by atoms with Crippen LogP contribution in [-0.2, 0) is 0 Å². The summed E-state index contributed by atoms with van der Waals surface area (Å²) in [4.78, 5) is 0. The maximum Gasteiger partial charge on any atom is 0.00515 e. The lowest BCUT2D eigenvalue weighted by Gasteiger charge is -2.36. The van der Waals surface area contributed by atoms with Gasteiger partial charge < -0.3 is 0 Å². The fraction of sp³-hybridized carbons (Fsp3) is 0.733. The van der Waals surface area contributed by atoms with Gasteiger partial charge in [-0.3, -0.25) is 0 Å². The van der Waals surface area contributed by atoms with E-state index in [9.17, 15) is 0 Å². The van der Waals surface area contributed by atoms with E-state index in [0.29, 0.717) is 17.8 Å². The third-order valence-electron chi connectivity index (χ3n) is 8.10. The largest absolute Gasteiger partial charge is 0.0843 e. The average Bonchev–Trinajstić information content (AvgIpc) is 2.76. The van der Waals surface area contributed by atoms with Crippen LogP contribution in [0.1, 0.15) is 106 Å². The maximum atomic E-state index is 2.59. The Hall–Kier alpha value is -1.04. The van der Waals surface area contributed by atoms with Crippen LogP contribution in [0.4, 0.5) is 0 Å². The molecule has 30 heavy (non-hydrogen) atoms. The van der Waals surface area contributed by atoms with Gasteiger partial charge in [-0.1, -0.05) is 134 Å². The van der Waals surface area contributed by atoms with E-state index in [4.69, 9.17) is 0 Å². The average molecular weight is 411 g/mol. The Morgan fingerprint density at radius 1 is 0.967 bits per heavy atom. The monoisotopic (exact) mass is 410 g/mol. The van der Waals surface area contributed by atoms with Crippen molar-refractivity contribution in [3.63, 3.8) is 0 Å². The molecule has 0 aromatic carbocycles. The minimum Gasteiger partial charge on any atom is -0.0843 e. The molecule has 0 heterocycles. The van der Waals surface area contributed by atoms with Gasteiger partial charge >= 0.3 is 0 Å².